The van der Waals surface area contributed by atoms with Crippen molar-refractivity contribution in [2.75, 3.05) is 52.5 Å². The summed E-state index contributed by atoms with van der Waals surface area (Å²) >= 11 is 0. The fourth-order valence-corrected chi connectivity index (χ4v) is 5.01. The molecule has 3 atom stereocenters. The van der Waals surface area contributed by atoms with Crippen LogP contribution in [0.5, 0.6) is 5.75 Å². The minimum absolute atomic E-state index is 0.0729. The zero-order valence-electron chi connectivity index (χ0n) is 17.4. The first-order chi connectivity index (χ1) is 14.2. The van der Waals surface area contributed by atoms with Crippen LogP contribution in [0.2, 0.25) is 0 Å². The van der Waals surface area contributed by atoms with Crippen molar-refractivity contribution in [3.8, 4) is 5.75 Å². The van der Waals surface area contributed by atoms with Gasteiger partial charge in [-0.05, 0) is 67.8 Å². The minimum Gasteiger partial charge on any atom is -0.484 e. The van der Waals surface area contributed by atoms with Crippen LogP contribution in [0, 0.1) is 17.8 Å². The molecule has 0 spiro atoms. The number of nitrogens with two attached hydrogens (primary N) is 1. The lowest BCUT2D eigenvalue weighted by molar-refractivity contribution is -0.119. The molecule has 1 saturated carbocycles. The van der Waals surface area contributed by atoms with Crippen molar-refractivity contribution < 1.29 is 14.3 Å². The highest BCUT2D eigenvalue weighted by Crippen LogP contribution is 2.52. The minimum atomic E-state index is -0.453. The average Bonchev–Trinajstić information content (AvgIpc) is 3.18. The Hall–Kier alpha value is -1.63. The van der Waals surface area contributed by atoms with Gasteiger partial charge in [-0.1, -0.05) is 18.6 Å². The number of primary amides is 1. The van der Waals surface area contributed by atoms with E-state index in [9.17, 15) is 4.79 Å². The number of amides is 1. The number of ether oxygens (including phenoxy) is 2. The fourth-order valence-electron chi connectivity index (χ4n) is 5.01. The van der Waals surface area contributed by atoms with Gasteiger partial charge in [-0.2, -0.15) is 0 Å². The van der Waals surface area contributed by atoms with Crippen molar-refractivity contribution >= 4 is 5.91 Å². The molecule has 1 aromatic carbocycles. The Morgan fingerprint density at radius 2 is 1.76 bits per heavy atom. The molecule has 1 aromatic rings. The molecule has 2 saturated heterocycles. The second-order valence-corrected chi connectivity index (χ2v) is 8.92. The summed E-state index contributed by atoms with van der Waals surface area (Å²) in [5.41, 5.74) is 6.38. The van der Waals surface area contributed by atoms with E-state index in [4.69, 9.17) is 15.2 Å². The highest BCUT2D eigenvalue weighted by Gasteiger charge is 2.55. The Kier molecular flexibility index (Phi) is 7.06. The van der Waals surface area contributed by atoms with Crippen LogP contribution < -0.4 is 10.5 Å². The van der Waals surface area contributed by atoms with E-state index in [2.05, 4.69) is 21.9 Å². The molecule has 1 amide bonds. The molecule has 3 fully saturated rings. The Morgan fingerprint density at radius 3 is 2.45 bits per heavy atom. The Balaban J connectivity index is 1.07. The second-order valence-electron chi connectivity index (χ2n) is 8.92. The van der Waals surface area contributed by atoms with Crippen molar-refractivity contribution in [3.63, 3.8) is 0 Å². The first-order valence-corrected chi connectivity index (χ1v) is 11.2. The topological polar surface area (TPSA) is 68.0 Å². The van der Waals surface area contributed by atoms with Crippen LogP contribution in [0.15, 0.2) is 24.3 Å². The summed E-state index contributed by atoms with van der Waals surface area (Å²) in [6.07, 6.45) is 5.32. The van der Waals surface area contributed by atoms with Gasteiger partial charge in [-0.3, -0.25) is 9.69 Å². The number of nitrogens with zero attached hydrogens (tertiary/aromatic N) is 2. The number of carbonyl (C=O) groups excluding carboxylic acids is 1. The zero-order chi connectivity index (χ0) is 20.1. The lowest BCUT2D eigenvalue weighted by atomic mass is 10.1. The molecule has 29 heavy (non-hydrogen) atoms. The van der Waals surface area contributed by atoms with Gasteiger partial charge in [0.1, 0.15) is 5.75 Å². The normalized spacial score (nSPS) is 27.0. The maximum atomic E-state index is 10.8. The van der Waals surface area contributed by atoms with Crippen LogP contribution in [0.1, 0.15) is 31.2 Å². The SMILES string of the molecule is NC(=O)COc1ccc(CN2C[C@@H]3C(COCCCN4CCCCC4)[C@@H]3C2)cc1. The molecular formula is C23H35N3O3. The number of likely N-dealkylation sites (tertiary alicyclic amines) is 2. The molecule has 2 N–H and O–H groups in total. The highest BCUT2D eigenvalue weighted by atomic mass is 16.5. The van der Waals surface area contributed by atoms with Gasteiger partial charge in [0.05, 0.1) is 6.61 Å². The van der Waals surface area contributed by atoms with Gasteiger partial charge < -0.3 is 20.1 Å². The van der Waals surface area contributed by atoms with E-state index < -0.39 is 5.91 Å². The van der Waals surface area contributed by atoms with Gasteiger partial charge in [-0.15, -0.1) is 0 Å². The van der Waals surface area contributed by atoms with E-state index in [1.54, 1.807) is 0 Å². The summed E-state index contributed by atoms with van der Waals surface area (Å²) in [6.45, 7) is 8.92. The molecule has 1 aliphatic carbocycles. The number of fused-ring (bicyclic) bond motifs is 1. The monoisotopic (exact) mass is 401 g/mol. The number of rotatable bonds is 11. The fraction of sp³-hybridized carbons (Fsp3) is 0.696. The third-order valence-electron chi connectivity index (χ3n) is 6.68. The van der Waals surface area contributed by atoms with E-state index in [0.717, 1.165) is 37.5 Å². The lowest BCUT2D eigenvalue weighted by Crippen LogP contribution is -2.31. The third-order valence-corrected chi connectivity index (χ3v) is 6.68. The van der Waals surface area contributed by atoms with Crippen LogP contribution in [-0.2, 0) is 16.1 Å². The lowest BCUT2D eigenvalue weighted by Gasteiger charge is -2.26. The summed E-state index contributed by atoms with van der Waals surface area (Å²) < 4.78 is 11.3. The molecule has 0 bridgehead atoms. The number of carbonyl (C=O) groups is 1. The summed E-state index contributed by atoms with van der Waals surface area (Å²) in [5.74, 6) is 2.68. The van der Waals surface area contributed by atoms with Gasteiger partial charge in [-0.25, -0.2) is 0 Å². The molecule has 160 valence electrons. The maximum Gasteiger partial charge on any atom is 0.255 e. The first-order valence-electron chi connectivity index (χ1n) is 11.2. The standard InChI is InChI=1S/C23H35N3O3/c24-23(27)17-29-19-7-5-18(6-8-19)13-26-14-20-21(15-26)22(20)16-28-12-4-11-25-9-2-1-3-10-25/h5-8,20-22H,1-4,9-17H2,(H2,24,27)/t20-,21+,22?. The van der Waals surface area contributed by atoms with Crippen LogP contribution in [0.25, 0.3) is 0 Å². The quantitative estimate of drug-likeness (QED) is 0.575. The molecule has 2 heterocycles. The van der Waals surface area contributed by atoms with Crippen molar-refractivity contribution in [3.05, 3.63) is 29.8 Å². The molecule has 1 unspecified atom stereocenters. The predicted molar refractivity (Wildman–Crippen MR) is 113 cm³/mol. The largest absolute Gasteiger partial charge is 0.484 e. The molecule has 3 aliphatic rings. The van der Waals surface area contributed by atoms with E-state index in [0.29, 0.717) is 5.75 Å². The number of piperidine rings is 2. The summed E-state index contributed by atoms with van der Waals surface area (Å²) in [5, 5.41) is 0. The molecule has 4 rings (SSSR count). The van der Waals surface area contributed by atoms with Crippen LogP contribution in [0.4, 0.5) is 0 Å². The Morgan fingerprint density at radius 1 is 1.03 bits per heavy atom. The van der Waals surface area contributed by atoms with Gasteiger partial charge >= 0.3 is 0 Å². The highest BCUT2D eigenvalue weighted by molar-refractivity contribution is 5.75. The van der Waals surface area contributed by atoms with E-state index in [1.165, 1.54) is 64.0 Å². The van der Waals surface area contributed by atoms with Crippen LogP contribution in [0.3, 0.4) is 0 Å². The zero-order valence-corrected chi connectivity index (χ0v) is 17.4. The number of hydrogen-bond acceptors (Lipinski definition) is 5. The summed E-state index contributed by atoms with van der Waals surface area (Å²) in [6, 6.07) is 7.97. The van der Waals surface area contributed by atoms with Crippen molar-refractivity contribution in [1.29, 1.82) is 0 Å². The van der Waals surface area contributed by atoms with Gasteiger partial charge in [0.2, 0.25) is 0 Å². The van der Waals surface area contributed by atoms with Crippen molar-refractivity contribution in [2.24, 2.45) is 23.5 Å². The van der Waals surface area contributed by atoms with Gasteiger partial charge in [0, 0.05) is 32.8 Å². The third kappa shape index (κ3) is 5.93. The predicted octanol–water partition coefficient (Wildman–Crippen LogP) is 2.12. The van der Waals surface area contributed by atoms with Gasteiger partial charge in [0.25, 0.3) is 5.91 Å². The number of hydrogen-bond donors (Lipinski definition) is 1. The maximum absolute atomic E-state index is 10.8. The van der Waals surface area contributed by atoms with Crippen LogP contribution in [-0.4, -0.2) is 68.3 Å². The van der Waals surface area contributed by atoms with Crippen molar-refractivity contribution in [1.82, 2.24) is 9.80 Å². The Bertz CT molecular complexity index is 648. The van der Waals surface area contributed by atoms with Gasteiger partial charge in [0.15, 0.2) is 6.61 Å². The molecule has 2 aliphatic heterocycles. The van der Waals surface area contributed by atoms with E-state index >= 15 is 0 Å². The molecule has 0 aromatic heterocycles. The molecule has 6 nitrogen and oxygen atoms in total. The molecule has 0 radical (unpaired) electrons. The van der Waals surface area contributed by atoms with E-state index in [1.807, 2.05) is 12.1 Å². The second kappa shape index (κ2) is 9.92. The van der Waals surface area contributed by atoms with E-state index in [-0.39, 0.29) is 6.61 Å². The van der Waals surface area contributed by atoms with Crippen molar-refractivity contribution in [2.45, 2.75) is 32.2 Å². The average molecular weight is 402 g/mol. The first kappa shape index (κ1) is 20.6. The summed E-state index contributed by atoms with van der Waals surface area (Å²) in [7, 11) is 0. The molecular weight excluding hydrogens is 366 g/mol. The summed E-state index contributed by atoms with van der Waals surface area (Å²) in [4.78, 5) is 15.9. The van der Waals surface area contributed by atoms with Crippen LogP contribution >= 0.6 is 0 Å². The Labute approximate surface area is 174 Å². The number of benzene rings is 1. The smallest absolute Gasteiger partial charge is 0.255 e. The molecule has 6 heteroatoms.